The van der Waals surface area contributed by atoms with E-state index < -0.39 is 31.1 Å². The second-order valence-electron chi connectivity index (χ2n) is 4.97. The predicted octanol–water partition coefficient (Wildman–Crippen LogP) is -1.15. The summed E-state index contributed by atoms with van der Waals surface area (Å²) in [6, 6.07) is 0. The summed E-state index contributed by atoms with van der Waals surface area (Å²) in [7, 11) is 0. The van der Waals surface area contributed by atoms with Crippen LogP contribution < -0.4 is 0 Å². The average molecular weight is 371 g/mol. The van der Waals surface area contributed by atoms with Gasteiger partial charge in [-0.05, 0) is 21.1 Å². The zero-order valence-corrected chi connectivity index (χ0v) is 12.6. The van der Waals surface area contributed by atoms with Crippen LogP contribution in [0.25, 0.3) is 16.7 Å². The molecule has 0 amide bonds. The normalized spacial score (nSPS) is 28.9. The quantitative estimate of drug-likeness (QED) is 0.515. The average Bonchev–Trinajstić information content (AvgIpc) is 3.17. The summed E-state index contributed by atoms with van der Waals surface area (Å²) in [6.07, 6.45) is -1.15. The Morgan fingerprint density at radius 2 is 2.14 bits per heavy atom. The molecule has 10 nitrogen and oxygen atoms in total. The minimum absolute atomic E-state index is 0.378. The van der Waals surface area contributed by atoms with Crippen LogP contribution in [-0.2, 0) is 4.74 Å². The summed E-state index contributed by atoms with van der Waals surface area (Å²) in [4.78, 5) is 4.27. The SMILES string of the molecule is OC[C@H]1O[C@@H](n2cnc3c2nnn2ncc(Br)c32)[C@H](O)[C@@H]1O. The highest BCUT2D eigenvalue weighted by molar-refractivity contribution is 9.10. The van der Waals surface area contributed by atoms with E-state index in [1.165, 1.54) is 15.5 Å². The van der Waals surface area contributed by atoms with Crippen molar-refractivity contribution in [3.63, 3.8) is 0 Å². The molecule has 0 unspecified atom stereocenters. The van der Waals surface area contributed by atoms with Crippen molar-refractivity contribution in [2.75, 3.05) is 6.61 Å². The predicted molar refractivity (Wildman–Crippen MR) is 74.8 cm³/mol. The lowest BCUT2D eigenvalue weighted by Gasteiger charge is -2.16. The van der Waals surface area contributed by atoms with E-state index in [2.05, 4.69) is 36.3 Å². The van der Waals surface area contributed by atoms with Crippen molar-refractivity contribution in [3.05, 3.63) is 17.0 Å². The summed E-state index contributed by atoms with van der Waals surface area (Å²) >= 11 is 3.37. The minimum atomic E-state index is -1.21. The molecular weight excluding hydrogens is 360 g/mol. The van der Waals surface area contributed by atoms with E-state index in [1.54, 1.807) is 6.20 Å². The van der Waals surface area contributed by atoms with Crippen molar-refractivity contribution in [1.82, 2.24) is 29.6 Å². The summed E-state index contributed by atoms with van der Waals surface area (Å²) in [6.45, 7) is -0.397. The molecule has 0 aromatic carbocycles. The van der Waals surface area contributed by atoms with Crippen LogP contribution in [0.5, 0.6) is 0 Å². The Balaban J connectivity index is 1.86. The molecule has 0 aliphatic carbocycles. The number of aliphatic hydroxyl groups is 3. The third-order valence-corrected chi connectivity index (χ3v) is 4.29. The molecule has 11 heteroatoms. The first-order valence-electron chi connectivity index (χ1n) is 6.47. The maximum atomic E-state index is 10.1. The standard InChI is InChI=1S/C11H11BrN6O4/c12-4-1-14-18-7(4)6-10(15-16-18)17(3-13-6)11-9(21)8(20)5(2-19)22-11/h1,3,5,8-9,11,19-21H,2H2/t5-,8-,9-,11-/m1/s1. The van der Waals surface area contributed by atoms with E-state index in [0.29, 0.717) is 21.2 Å². The second-order valence-corrected chi connectivity index (χ2v) is 5.83. The van der Waals surface area contributed by atoms with E-state index in [1.807, 2.05) is 0 Å². The molecule has 0 bridgehead atoms. The highest BCUT2D eigenvalue weighted by Crippen LogP contribution is 2.32. The van der Waals surface area contributed by atoms with E-state index in [9.17, 15) is 10.2 Å². The van der Waals surface area contributed by atoms with Crippen LogP contribution in [0, 0.1) is 0 Å². The minimum Gasteiger partial charge on any atom is -0.394 e. The molecular formula is C11H11BrN6O4. The number of rotatable bonds is 2. The number of hydrogen-bond acceptors (Lipinski definition) is 8. The Labute approximate surface area is 131 Å². The molecule has 4 atom stereocenters. The molecule has 3 N–H and O–H groups in total. The van der Waals surface area contributed by atoms with Crippen LogP contribution in [0.3, 0.4) is 0 Å². The first-order valence-corrected chi connectivity index (χ1v) is 7.26. The Bertz CT molecular complexity index is 850. The van der Waals surface area contributed by atoms with Crippen molar-refractivity contribution in [2.24, 2.45) is 0 Å². The fraction of sp³-hybridized carbons (Fsp3) is 0.455. The molecule has 0 radical (unpaired) electrons. The van der Waals surface area contributed by atoms with Gasteiger partial charge in [0.15, 0.2) is 11.9 Å². The second kappa shape index (κ2) is 4.93. The largest absolute Gasteiger partial charge is 0.394 e. The number of fused-ring (bicyclic) bond motifs is 3. The third-order valence-electron chi connectivity index (χ3n) is 3.71. The zero-order chi connectivity index (χ0) is 15.4. The monoisotopic (exact) mass is 370 g/mol. The molecule has 4 heterocycles. The molecule has 1 aliphatic rings. The first kappa shape index (κ1) is 14.0. The van der Waals surface area contributed by atoms with Crippen molar-refractivity contribution in [2.45, 2.75) is 24.5 Å². The lowest BCUT2D eigenvalue weighted by atomic mass is 10.1. The molecule has 22 heavy (non-hydrogen) atoms. The number of imidazole rings is 1. The lowest BCUT2D eigenvalue weighted by molar-refractivity contribution is -0.0511. The fourth-order valence-corrected chi connectivity index (χ4v) is 3.03. The molecule has 1 aliphatic heterocycles. The molecule has 0 spiro atoms. The van der Waals surface area contributed by atoms with Gasteiger partial charge in [0.1, 0.15) is 29.3 Å². The number of aromatic nitrogens is 6. The molecule has 3 aromatic heterocycles. The Morgan fingerprint density at radius 1 is 1.32 bits per heavy atom. The van der Waals surface area contributed by atoms with Crippen molar-refractivity contribution >= 4 is 32.6 Å². The van der Waals surface area contributed by atoms with Crippen LogP contribution in [0.2, 0.25) is 0 Å². The third kappa shape index (κ3) is 1.80. The summed E-state index contributed by atoms with van der Waals surface area (Å²) < 4.78 is 9.00. The molecule has 4 rings (SSSR count). The van der Waals surface area contributed by atoms with Crippen molar-refractivity contribution in [3.8, 4) is 0 Å². The Kier molecular flexibility index (Phi) is 3.13. The first-order chi connectivity index (χ1) is 10.6. The van der Waals surface area contributed by atoms with Gasteiger partial charge in [-0.25, -0.2) is 4.98 Å². The van der Waals surface area contributed by atoms with Crippen LogP contribution in [0.15, 0.2) is 17.0 Å². The zero-order valence-electron chi connectivity index (χ0n) is 11.0. The van der Waals surface area contributed by atoms with Gasteiger partial charge in [-0.2, -0.15) is 5.10 Å². The van der Waals surface area contributed by atoms with Crippen LogP contribution in [-0.4, -0.2) is 69.8 Å². The topological polar surface area (TPSA) is 131 Å². The number of aliphatic hydroxyl groups excluding tert-OH is 3. The molecule has 0 saturated carbocycles. The van der Waals surface area contributed by atoms with Crippen LogP contribution in [0.1, 0.15) is 6.23 Å². The van der Waals surface area contributed by atoms with Gasteiger partial charge in [0.05, 0.1) is 23.6 Å². The van der Waals surface area contributed by atoms with Gasteiger partial charge < -0.3 is 20.1 Å². The number of halogens is 1. The van der Waals surface area contributed by atoms with Gasteiger partial charge in [0.25, 0.3) is 0 Å². The van der Waals surface area contributed by atoms with Gasteiger partial charge in [0.2, 0.25) is 0 Å². The molecule has 116 valence electrons. The van der Waals surface area contributed by atoms with Gasteiger partial charge >= 0.3 is 0 Å². The van der Waals surface area contributed by atoms with Gasteiger partial charge in [0, 0.05) is 0 Å². The summed E-state index contributed by atoms with van der Waals surface area (Å²) in [5.74, 6) is 0. The maximum Gasteiger partial charge on any atom is 0.188 e. The molecule has 3 aromatic rings. The van der Waals surface area contributed by atoms with Gasteiger partial charge in [-0.15, -0.1) is 9.73 Å². The number of nitrogens with zero attached hydrogens (tertiary/aromatic N) is 6. The van der Waals surface area contributed by atoms with E-state index in [4.69, 9.17) is 9.84 Å². The van der Waals surface area contributed by atoms with E-state index in [0.717, 1.165) is 0 Å². The Hall–Kier alpha value is -1.66. The highest BCUT2D eigenvalue weighted by Gasteiger charge is 2.44. The smallest absolute Gasteiger partial charge is 0.188 e. The fourth-order valence-electron chi connectivity index (χ4n) is 2.60. The van der Waals surface area contributed by atoms with Gasteiger partial charge in [-0.1, -0.05) is 0 Å². The van der Waals surface area contributed by atoms with Crippen LogP contribution in [0.4, 0.5) is 0 Å². The molecule has 1 fully saturated rings. The highest BCUT2D eigenvalue weighted by atomic mass is 79.9. The van der Waals surface area contributed by atoms with Crippen molar-refractivity contribution < 1.29 is 20.1 Å². The van der Waals surface area contributed by atoms with Gasteiger partial charge in [-0.3, -0.25) is 4.57 Å². The number of ether oxygens (including phenoxy) is 1. The van der Waals surface area contributed by atoms with E-state index in [-0.39, 0.29) is 0 Å². The Morgan fingerprint density at radius 3 is 2.86 bits per heavy atom. The van der Waals surface area contributed by atoms with E-state index >= 15 is 0 Å². The number of hydrogen-bond donors (Lipinski definition) is 3. The summed E-state index contributed by atoms with van der Waals surface area (Å²) in [5, 5.41) is 41.1. The summed E-state index contributed by atoms with van der Waals surface area (Å²) in [5.41, 5.74) is 1.54. The van der Waals surface area contributed by atoms with Crippen LogP contribution >= 0.6 is 15.9 Å². The van der Waals surface area contributed by atoms with Crippen molar-refractivity contribution in [1.29, 1.82) is 0 Å². The maximum absolute atomic E-state index is 10.1. The molecule has 1 saturated heterocycles. The lowest BCUT2D eigenvalue weighted by Crippen LogP contribution is -2.33.